The van der Waals surface area contributed by atoms with E-state index in [1.807, 2.05) is 0 Å². The van der Waals surface area contributed by atoms with E-state index in [2.05, 4.69) is 29.2 Å². The minimum Gasteiger partial charge on any atom is -0.468 e. The molecule has 1 N–H and O–H groups in total. The number of methoxy groups -OCH3 is 1. The third-order valence-corrected chi connectivity index (χ3v) is 2.84. The minimum atomic E-state index is -0.263. The van der Waals surface area contributed by atoms with Gasteiger partial charge in [-0.2, -0.15) is 0 Å². The third kappa shape index (κ3) is 6.14. The zero-order chi connectivity index (χ0) is 13.1. The molecule has 0 aliphatic heterocycles. The molecular formula is C11H22N4O2. The fourth-order valence-electron chi connectivity index (χ4n) is 1.78. The molecule has 0 aromatic heterocycles. The van der Waals surface area contributed by atoms with Crippen molar-refractivity contribution in [3.05, 3.63) is 10.4 Å². The fraction of sp³-hybridized carbons (Fsp3) is 0.909. The van der Waals surface area contributed by atoms with E-state index < -0.39 is 0 Å². The number of nitrogens with one attached hydrogen (secondary N) is 1. The van der Waals surface area contributed by atoms with Gasteiger partial charge in [-0.3, -0.25) is 4.79 Å². The van der Waals surface area contributed by atoms with Crippen LogP contribution in [0.5, 0.6) is 0 Å². The molecule has 0 saturated heterocycles. The number of rotatable bonds is 9. The number of azide groups is 1. The van der Waals surface area contributed by atoms with Gasteiger partial charge in [0.1, 0.15) is 6.04 Å². The smallest absolute Gasteiger partial charge is 0.323 e. The van der Waals surface area contributed by atoms with Crippen LogP contribution in [-0.4, -0.2) is 32.2 Å². The number of carbonyl (C=O) groups is 1. The average Bonchev–Trinajstić information content (AvgIpc) is 2.36. The molecule has 1 unspecified atom stereocenters. The number of esters is 1. The summed E-state index contributed by atoms with van der Waals surface area (Å²) in [7, 11) is 1.40. The van der Waals surface area contributed by atoms with E-state index in [0.717, 1.165) is 19.3 Å². The molecule has 6 heteroatoms. The Labute approximate surface area is 102 Å². The van der Waals surface area contributed by atoms with Gasteiger partial charge < -0.3 is 10.1 Å². The van der Waals surface area contributed by atoms with Crippen LogP contribution >= 0.6 is 0 Å². The van der Waals surface area contributed by atoms with Crippen LogP contribution in [0.15, 0.2) is 5.11 Å². The van der Waals surface area contributed by atoms with Crippen molar-refractivity contribution in [3.63, 3.8) is 0 Å². The summed E-state index contributed by atoms with van der Waals surface area (Å²) in [5.41, 5.74) is 8.13. The number of hydrogen-bond donors (Lipinski definition) is 1. The average molecular weight is 242 g/mol. The van der Waals surface area contributed by atoms with E-state index in [1.165, 1.54) is 7.11 Å². The summed E-state index contributed by atoms with van der Waals surface area (Å²) < 4.78 is 4.79. The molecule has 0 spiro atoms. The Kier molecular flexibility index (Phi) is 9.19. The van der Waals surface area contributed by atoms with Crippen molar-refractivity contribution in [1.82, 2.24) is 5.32 Å². The molecule has 0 saturated carbocycles. The second-order valence-corrected chi connectivity index (χ2v) is 3.84. The van der Waals surface area contributed by atoms with Gasteiger partial charge in [0.25, 0.3) is 0 Å². The van der Waals surface area contributed by atoms with Gasteiger partial charge in [0.2, 0.25) is 0 Å². The molecular weight excluding hydrogens is 220 g/mol. The fourth-order valence-corrected chi connectivity index (χ4v) is 1.78. The lowest BCUT2D eigenvalue weighted by Gasteiger charge is -2.24. The van der Waals surface area contributed by atoms with Crippen LogP contribution in [0.25, 0.3) is 10.4 Å². The van der Waals surface area contributed by atoms with Crippen LogP contribution in [0.3, 0.4) is 0 Å². The summed E-state index contributed by atoms with van der Waals surface area (Å²) in [5.74, 6) is 0.0596. The minimum absolute atomic E-state index is 0.220. The summed E-state index contributed by atoms with van der Waals surface area (Å²) in [6.45, 7) is 5.22. The zero-order valence-corrected chi connectivity index (χ0v) is 10.8. The molecule has 98 valence electrons. The molecule has 0 radical (unpaired) electrons. The number of nitrogens with zero attached hydrogens (tertiary/aromatic N) is 3. The van der Waals surface area contributed by atoms with Crippen molar-refractivity contribution >= 4 is 5.97 Å². The van der Waals surface area contributed by atoms with Crippen molar-refractivity contribution < 1.29 is 9.53 Å². The van der Waals surface area contributed by atoms with Crippen molar-refractivity contribution in [2.24, 2.45) is 11.0 Å². The standard InChI is InChI=1S/C11H22N4O2/c1-4-9(5-2)10(11(16)17-3)13-7-6-8-14-15-12/h9-10,13H,4-8H2,1-3H3. The van der Waals surface area contributed by atoms with Crippen LogP contribution in [0.4, 0.5) is 0 Å². The molecule has 0 heterocycles. The lowest BCUT2D eigenvalue weighted by atomic mass is 9.94. The normalized spacial score (nSPS) is 12.0. The Morgan fingerprint density at radius 2 is 2.12 bits per heavy atom. The molecule has 0 bridgehead atoms. The van der Waals surface area contributed by atoms with Crippen molar-refractivity contribution in [3.8, 4) is 0 Å². The van der Waals surface area contributed by atoms with E-state index in [9.17, 15) is 4.79 Å². The van der Waals surface area contributed by atoms with E-state index in [-0.39, 0.29) is 17.9 Å². The maximum absolute atomic E-state index is 11.6. The molecule has 0 rings (SSSR count). The molecule has 0 aliphatic rings. The van der Waals surface area contributed by atoms with Gasteiger partial charge in [0.15, 0.2) is 0 Å². The molecule has 0 fully saturated rings. The topological polar surface area (TPSA) is 87.1 Å². The van der Waals surface area contributed by atoms with Gasteiger partial charge in [-0.05, 0) is 24.4 Å². The van der Waals surface area contributed by atoms with E-state index in [4.69, 9.17) is 10.3 Å². The van der Waals surface area contributed by atoms with Crippen LogP contribution in [-0.2, 0) is 9.53 Å². The predicted octanol–water partition coefficient (Wildman–Crippen LogP) is 2.25. The van der Waals surface area contributed by atoms with Crippen molar-refractivity contribution in [2.45, 2.75) is 39.2 Å². The Balaban J connectivity index is 4.19. The second kappa shape index (κ2) is 9.93. The molecule has 1 atom stereocenters. The maximum atomic E-state index is 11.6. The van der Waals surface area contributed by atoms with Gasteiger partial charge in [-0.15, -0.1) is 0 Å². The molecule has 0 aliphatic carbocycles. The Hall–Kier alpha value is -1.26. The lowest BCUT2D eigenvalue weighted by Crippen LogP contribution is -2.43. The molecule has 0 amide bonds. The highest BCUT2D eigenvalue weighted by Crippen LogP contribution is 2.14. The van der Waals surface area contributed by atoms with E-state index in [0.29, 0.717) is 13.1 Å². The van der Waals surface area contributed by atoms with Gasteiger partial charge in [-0.25, -0.2) is 0 Å². The SMILES string of the molecule is CCC(CC)C(NCCCN=[N+]=[N-])C(=O)OC. The maximum Gasteiger partial charge on any atom is 0.323 e. The van der Waals surface area contributed by atoms with Gasteiger partial charge >= 0.3 is 5.97 Å². The first kappa shape index (κ1) is 15.7. The quantitative estimate of drug-likeness (QED) is 0.221. The first-order valence-corrected chi connectivity index (χ1v) is 6.03. The van der Waals surface area contributed by atoms with Gasteiger partial charge in [0.05, 0.1) is 7.11 Å². The zero-order valence-electron chi connectivity index (χ0n) is 10.8. The Morgan fingerprint density at radius 1 is 1.47 bits per heavy atom. The monoisotopic (exact) mass is 242 g/mol. The van der Waals surface area contributed by atoms with E-state index >= 15 is 0 Å². The van der Waals surface area contributed by atoms with Crippen LogP contribution in [0.1, 0.15) is 33.1 Å². The van der Waals surface area contributed by atoms with Crippen molar-refractivity contribution in [1.29, 1.82) is 0 Å². The molecule has 6 nitrogen and oxygen atoms in total. The second-order valence-electron chi connectivity index (χ2n) is 3.84. The highest BCUT2D eigenvalue weighted by Gasteiger charge is 2.25. The van der Waals surface area contributed by atoms with Crippen LogP contribution in [0, 0.1) is 5.92 Å². The molecule has 17 heavy (non-hydrogen) atoms. The number of hydrogen-bond acceptors (Lipinski definition) is 4. The largest absolute Gasteiger partial charge is 0.468 e. The Morgan fingerprint density at radius 3 is 2.59 bits per heavy atom. The van der Waals surface area contributed by atoms with Crippen LogP contribution in [0.2, 0.25) is 0 Å². The molecule has 0 aromatic rings. The van der Waals surface area contributed by atoms with Crippen molar-refractivity contribution in [2.75, 3.05) is 20.2 Å². The highest BCUT2D eigenvalue weighted by atomic mass is 16.5. The van der Waals surface area contributed by atoms with Gasteiger partial charge in [-0.1, -0.05) is 31.8 Å². The van der Waals surface area contributed by atoms with E-state index in [1.54, 1.807) is 0 Å². The summed E-state index contributed by atoms with van der Waals surface area (Å²) in [4.78, 5) is 14.3. The van der Waals surface area contributed by atoms with Gasteiger partial charge in [0, 0.05) is 11.5 Å². The summed E-state index contributed by atoms with van der Waals surface area (Å²) >= 11 is 0. The van der Waals surface area contributed by atoms with Crippen LogP contribution < -0.4 is 5.32 Å². The Bertz CT molecular complexity index is 260. The third-order valence-electron chi connectivity index (χ3n) is 2.84. The molecule has 0 aromatic carbocycles. The summed E-state index contributed by atoms with van der Waals surface area (Å²) in [5, 5.41) is 6.62. The summed E-state index contributed by atoms with van der Waals surface area (Å²) in [6, 6.07) is -0.263. The first-order chi connectivity index (χ1) is 8.21. The summed E-state index contributed by atoms with van der Waals surface area (Å²) in [6.07, 6.45) is 2.58. The number of carbonyl (C=O) groups excluding carboxylic acids is 1. The lowest BCUT2D eigenvalue weighted by molar-refractivity contribution is -0.144. The number of ether oxygens (including phenoxy) is 1. The predicted molar refractivity (Wildman–Crippen MR) is 66.5 cm³/mol. The highest BCUT2D eigenvalue weighted by molar-refractivity contribution is 5.76. The first-order valence-electron chi connectivity index (χ1n) is 6.03.